The molecule has 1 N–H and O–H groups in total. The molecule has 1 saturated heterocycles. The molecule has 27 heavy (non-hydrogen) atoms. The first-order chi connectivity index (χ1) is 13.0. The number of benzene rings is 2. The Bertz CT molecular complexity index is 726. The standard InChI is InChI=1S/C20H24F3N3O/c1-27-19-5-3-2-4-18(19)26-14-12-25(13-15-26)11-10-24-17-8-6-16(7-9-17)20(21,22)23/h2-9,24H,10-15H2,1H3. The van der Waals surface area contributed by atoms with Crippen LogP contribution in [-0.2, 0) is 6.18 Å². The quantitative estimate of drug-likeness (QED) is 0.823. The van der Waals surface area contributed by atoms with E-state index in [0.717, 1.165) is 56.3 Å². The highest BCUT2D eigenvalue weighted by atomic mass is 19.4. The van der Waals surface area contributed by atoms with E-state index in [2.05, 4.69) is 21.2 Å². The Morgan fingerprint density at radius 1 is 0.963 bits per heavy atom. The van der Waals surface area contributed by atoms with E-state index in [1.54, 1.807) is 7.11 Å². The fraction of sp³-hybridized carbons (Fsp3) is 0.400. The van der Waals surface area contributed by atoms with Gasteiger partial charge in [0, 0.05) is 45.0 Å². The van der Waals surface area contributed by atoms with E-state index in [-0.39, 0.29) is 0 Å². The minimum Gasteiger partial charge on any atom is -0.495 e. The summed E-state index contributed by atoms with van der Waals surface area (Å²) in [6.07, 6.45) is -4.29. The lowest BCUT2D eigenvalue weighted by molar-refractivity contribution is -0.137. The summed E-state index contributed by atoms with van der Waals surface area (Å²) in [5.74, 6) is 0.884. The van der Waals surface area contributed by atoms with Crippen molar-refractivity contribution in [2.24, 2.45) is 0 Å². The maximum Gasteiger partial charge on any atom is 0.416 e. The Hall–Kier alpha value is -2.41. The van der Waals surface area contributed by atoms with E-state index in [1.165, 1.54) is 12.1 Å². The molecule has 2 aromatic carbocycles. The summed E-state index contributed by atoms with van der Waals surface area (Å²) in [6, 6.07) is 13.2. The number of ether oxygens (including phenoxy) is 1. The van der Waals surface area contributed by atoms with Crippen molar-refractivity contribution in [2.75, 3.05) is 56.6 Å². The van der Waals surface area contributed by atoms with E-state index in [4.69, 9.17) is 4.74 Å². The molecule has 2 aromatic rings. The highest BCUT2D eigenvalue weighted by Crippen LogP contribution is 2.30. The molecular weight excluding hydrogens is 355 g/mol. The summed E-state index contributed by atoms with van der Waals surface area (Å²) < 4.78 is 43.2. The number of piperazine rings is 1. The maximum atomic E-state index is 12.6. The van der Waals surface area contributed by atoms with Gasteiger partial charge in [-0.1, -0.05) is 12.1 Å². The molecule has 146 valence electrons. The van der Waals surface area contributed by atoms with Crippen LogP contribution in [0.4, 0.5) is 24.5 Å². The molecule has 0 spiro atoms. The second-order valence-electron chi connectivity index (χ2n) is 6.50. The van der Waals surface area contributed by atoms with Gasteiger partial charge in [0.15, 0.2) is 0 Å². The van der Waals surface area contributed by atoms with Crippen molar-refractivity contribution in [3.8, 4) is 5.75 Å². The van der Waals surface area contributed by atoms with Gasteiger partial charge >= 0.3 is 6.18 Å². The van der Waals surface area contributed by atoms with Gasteiger partial charge in [-0.15, -0.1) is 0 Å². The van der Waals surface area contributed by atoms with Crippen LogP contribution in [0, 0.1) is 0 Å². The van der Waals surface area contributed by atoms with Gasteiger partial charge in [0.25, 0.3) is 0 Å². The van der Waals surface area contributed by atoms with Crippen molar-refractivity contribution in [1.82, 2.24) is 4.90 Å². The first-order valence-electron chi connectivity index (χ1n) is 8.99. The second kappa shape index (κ2) is 8.52. The van der Waals surface area contributed by atoms with Crippen molar-refractivity contribution in [2.45, 2.75) is 6.18 Å². The van der Waals surface area contributed by atoms with Crippen molar-refractivity contribution in [1.29, 1.82) is 0 Å². The van der Waals surface area contributed by atoms with E-state index in [0.29, 0.717) is 12.2 Å². The number of nitrogens with zero attached hydrogens (tertiary/aromatic N) is 2. The molecule has 0 saturated carbocycles. The number of anilines is 2. The van der Waals surface area contributed by atoms with Crippen LogP contribution in [0.1, 0.15) is 5.56 Å². The monoisotopic (exact) mass is 379 g/mol. The molecular formula is C20H24F3N3O. The fourth-order valence-electron chi connectivity index (χ4n) is 3.24. The van der Waals surface area contributed by atoms with Gasteiger partial charge in [0.2, 0.25) is 0 Å². The van der Waals surface area contributed by atoms with Gasteiger partial charge in [0.1, 0.15) is 5.75 Å². The lowest BCUT2D eigenvalue weighted by atomic mass is 10.2. The lowest BCUT2D eigenvalue weighted by Crippen LogP contribution is -2.47. The third kappa shape index (κ3) is 5.07. The molecule has 0 aliphatic carbocycles. The smallest absolute Gasteiger partial charge is 0.416 e. The topological polar surface area (TPSA) is 27.7 Å². The lowest BCUT2D eigenvalue weighted by Gasteiger charge is -2.36. The Labute approximate surface area is 157 Å². The molecule has 1 heterocycles. The Kier molecular flexibility index (Phi) is 6.11. The number of hydrogen-bond donors (Lipinski definition) is 1. The maximum absolute atomic E-state index is 12.6. The Morgan fingerprint density at radius 2 is 1.63 bits per heavy atom. The predicted molar refractivity (Wildman–Crippen MR) is 102 cm³/mol. The van der Waals surface area contributed by atoms with Crippen LogP contribution >= 0.6 is 0 Å². The van der Waals surface area contributed by atoms with Crippen LogP contribution in [0.2, 0.25) is 0 Å². The first-order valence-corrected chi connectivity index (χ1v) is 8.99. The fourth-order valence-corrected chi connectivity index (χ4v) is 3.24. The van der Waals surface area contributed by atoms with E-state index in [9.17, 15) is 13.2 Å². The minimum atomic E-state index is -4.29. The van der Waals surface area contributed by atoms with E-state index in [1.807, 2.05) is 18.2 Å². The third-order valence-electron chi connectivity index (χ3n) is 4.77. The van der Waals surface area contributed by atoms with Crippen LogP contribution in [0.3, 0.4) is 0 Å². The zero-order valence-corrected chi connectivity index (χ0v) is 15.3. The van der Waals surface area contributed by atoms with Crippen molar-refractivity contribution < 1.29 is 17.9 Å². The summed E-state index contributed by atoms with van der Waals surface area (Å²) in [7, 11) is 1.68. The first kappa shape index (κ1) is 19.4. The van der Waals surface area contributed by atoms with Gasteiger partial charge in [-0.3, -0.25) is 4.90 Å². The molecule has 3 rings (SSSR count). The minimum absolute atomic E-state index is 0.625. The van der Waals surface area contributed by atoms with Crippen molar-refractivity contribution in [3.05, 3.63) is 54.1 Å². The summed E-state index contributed by atoms with van der Waals surface area (Å²) >= 11 is 0. The molecule has 7 heteroatoms. The number of halogens is 3. The van der Waals surface area contributed by atoms with Gasteiger partial charge in [0.05, 0.1) is 18.4 Å². The van der Waals surface area contributed by atoms with Crippen LogP contribution in [0.15, 0.2) is 48.5 Å². The number of para-hydroxylation sites is 2. The number of nitrogens with one attached hydrogen (secondary N) is 1. The van der Waals surface area contributed by atoms with E-state index < -0.39 is 11.7 Å². The highest BCUT2D eigenvalue weighted by Gasteiger charge is 2.29. The SMILES string of the molecule is COc1ccccc1N1CCN(CCNc2ccc(C(F)(F)F)cc2)CC1. The van der Waals surface area contributed by atoms with E-state index >= 15 is 0 Å². The van der Waals surface area contributed by atoms with Gasteiger partial charge in [-0.2, -0.15) is 13.2 Å². The number of alkyl halides is 3. The normalized spacial score (nSPS) is 15.6. The van der Waals surface area contributed by atoms with Crippen LogP contribution < -0.4 is 15.0 Å². The molecule has 1 aliphatic rings. The zero-order chi connectivity index (χ0) is 19.3. The zero-order valence-electron chi connectivity index (χ0n) is 15.3. The third-order valence-corrected chi connectivity index (χ3v) is 4.77. The molecule has 1 fully saturated rings. The molecule has 1 aliphatic heterocycles. The van der Waals surface area contributed by atoms with Gasteiger partial charge < -0.3 is 15.0 Å². The molecule has 0 radical (unpaired) electrons. The Balaban J connectivity index is 1.43. The summed E-state index contributed by atoms with van der Waals surface area (Å²) in [5, 5.41) is 3.19. The molecule has 0 aromatic heterocycles. The number of methoxy groups -OCH3 is 1. The number of rotatable bonds is 6. The molecule has 0 amide bonds. The molecule has 4 nitrogen and oxygen atoms in total. The van der Waals surface area contributed by atoms with Gasteiger partial charge in [-0.05, 0) is 36.4 Å². The number of hydrogen-bond acceptors (Lipinski definition) is 4. The largest absolute Gasteiger partial charge is 0.495 e. The molecule has 0 atom stereocenters. The van der Waals surface area contributed by atoms with Crippen LogP contribution in [-0.4, -0.2) is 51.3 Å². The summed E-state index contributed by atoms with van der Waals surface area (Å²) in [5.41, 5.74) is 1.19. The van der Waals surface area contributed by atoms with Crippen LogP contribution in [0.25, 0.3) is 0 Å². The highest BCUT2D eigenvalue weighted by molar-refractivity contribution is 5.58. The summed E-state index contributed by atoms with van der Waals surface area (Å²) in [4.78, 5) is 4.67. The average Bonchev–Trinajstić information content (AvgIpc) is 2.68. The molecule has 0 bridgehead atoms. The van der Waals surface area contributed by atoms with Crippen molar-refractivity contribution in [3.63, 3.8) is 0 Å². The van der Waals surface area contributed by atoms with Crippen LogP contribution in [0.5, 0.6) is 5.75 Å². The summed E-state index contributed by atoms with van der Waals surface area (Å²) in [6.45, 7) is 5.25. The predicted octanol–water partition coefficient (Wildman–Crippen LogP) is 3.95. The second-order valence-corrected chi connectivity index (χ2v) is 6.50. The van der Waals surface area contributed by atoms with Crippen molar-refractivity contribution >= 4 is 11.4 Å². The van der Waals surface area contributed by atoms with Gasteiger partial charge in [-0.25, -0.2) is 0 Å². The average molecular weight is 379 g/mol. The molecule has 0 unspecified atom stereocenters. The Morgan fingerprint density at radius 3 is 2.26 bits per heavy atom.